The quantitative estimate of drug-likeness (QED) is 0.411. The molecule has 2 aliphatic rings. The van der Waals surface area contributed by atoms with Gasteiger partial charge in [0, 0.05) is 55.0 Å². The van der Waals surface area contributed by atoms with Crippen LogP contribution in [0.4, 0.5) is 14.7 Å². The predicted molar refractivity (Wildman–Crippen MR) is 119 cm³/mol. The van der Waals surface area contributed by atoms with E-state index in [-0.39, 0.29) is 12.8 Å². The summed E-state index contributed by atoms with van der Waals surface area (Å²) in [5.74, 6) is -2.49. The number of aromatic nitrogens is 5. The number of alkyl halides is 2. The molecular weight excluding hydrogens is 428 g/mol. The van der Waals surface area contributed by atoms with Gasteiger partial charge in [0.25, 0.3) is 11.8 Å². The molecule has 4 aromatic heterocycles. The first-order valence-corrected chi connectivity index (χ1v) is 11.0. The van der Waals surface area contributed by atoms with Crippen LogP contribution in [0.15, 0.2) is 36.9 Å². The second-order valence-electron chi connectivity index (χ2n) is 9.56. The van der Waals surface area contributed by atoms with Gasteiger partial charge in [0.1, 0.15) is 5.65 Å². The second-order valence-corrected chi connectivity index (χ2v) is 9.56. The minimum atomic E-state index is -2.69. The number of H-pyrrole nitrogens is 1. The van der Waals surface area contributed by atoms with E-state index in [1.807, 2.05) is 18.3 Å². The van der Waals surface area contributed by atoms with Gasteiger partial charge in [0.15, 0.2) is 0 Å². The van der Waals surface area contributed by atoms with Gasteiger partial charge < -0.3 is 15.6 Å². The van der Waals surface area contributed by atoms with Gasteiger partial charge in [-0.1, -0.05) is 6.92 Å². The summed E-state index contributed by atoms with van der Waals surface area (Å²) in [6.45, 7) is 3.10. The number of hydrogen-bond acceptors (Lipinski definition) is 5. The number of hydrogen-bond donors (Lipinski definition) is 3. The number of anilines is 1. The van der Waals surface area contributed by atoms with Gasteiger partial charge in [-0.25, -0.2) is 18.3 Å². The van der Waals surface area contributed by atoms with E-state index in [1.54, 1.807) is 16.9 Å². The van der Waals surface area contributed by atoms with Crippen molar-refractivity contribution in [3.05, 3.63) is 42.5 Å². The first-order valence-electron chi connectivity index (χ1n) is 11.0. The van der Waals surface area contributed by atoms with E-state index in [4.69, 9.17) is 0 Å². The summed E-state index contributed by atoms with van der Waals surface area (Å²) in [6.07, 6.45) is 8.68. The summed E-state index contributed by atoms with van der Waals surface area (Å²) in [7, 11) is 0. The molecule has 2 fully saturated rings. The van der Waals surface area contributed by atoms with Crippen molar-refractivity contribution in [3.8, 4) is 11.1 Å². The van der Waals surface area contributed by atoms with Crippen LogP contribution >= 0.6 is 0 Å². The van der Waals surface area contributed by atoms with Gasteiger partial charge in [-0.2, -0.15) is 10.1 Å². The molecule has 33 heavy (non-hydrogen) atoms. The van der Waals surface area contributed by atoms with Crippen LogP contribution in [-0.4, -0.2) is 49.0 Å². The van der Waals surface area contributed by atoms with Gasteiger partial charge in [-0.3, -0.25) is 4.79 Å². The van der Waals surface area contributed by atoms with E-state index in [0.717, 1.165) is 28.7 Å². The molecule has 2 saturated carbocycles. The number of pyridine rings is 1. The molecule has 0 bridgehead atoms. The number of carbonyl (C=O) groups is 1. The SMILES string of the molecule is CC1(CNc2ncc3c(-c4ccn5ncc(C(=O)NC6CC(F)(F)C6)c5c4)c[nH]c3n2)CC1. The lowest BCUT2D eigenvalue weighted by molar-refractivity contribution is -0.0901. The van der Waals surface area contributed by atoms with E-state index >= 15 is 0 Å². The number of nitrogens with zero attached hydrogens (tertiary/aromatic N) is 4. The fourth-order valence-electron chi connectivity index (χ4n) is 4.26. The Bertz CT molecular complexity index is 1380. The number of amides is 1. The minimum Gasteiger partial charge on any atom is -0.354 e. The molecule has 0 spiro atoms. The first kappa shape index (κ1) is 20.1. The first-order chi connectivity index (χ1) is 15.8. The fourth-order valence-corrected chi connectivity index (χ4v) is 4.26. The van der Waals surface area contributed by atoms with Crippen molar-refractivity contribution >= 4 is 28.4 Å². The van der Waals surface area contributed by atoms with Gasteiger partial charge in [-0.05, 0) is 36.0 Å². The average molecular weight is 451 g/mol. The van der Waals surface area contributed by atoms with Crippen molar-refractivity contribution in [3.63, 3.8) is 0 Å². The maximum Gasteiger partial charge on any atom is 0.255 e. The zero-order valence-corrected chi connectivity index (χ0v) is 18.0. The van der Waals surface area contributed by atoms with Crippen LogP contribution in [0.25, 0.3) is 27.7 Å². The number of halogens is 2. The van der Waals surface area contributed by atoms with Crippen LogP contribution in [0.1, 0.15) is 43.0 Å². The molecule has 0 atom stereocenters. The molecule has 8 nitrogen and oxygen atoms in total. The third-order valence-electron chi connectivity index (χ3n) is 6.71. The van der Waals surface area contributed by atoms with Gasteiger partial charge in [-0.15, -0.1) is 0 Å². The van der Waals surface area contributed by atoms with Crippen molar-refractivity contribution in [2.75, 3.05) is 11.9 Å². The van der Waals surface area contributed by atoms with Crippen molar-refractivity contribution in [1.82, 2.24) is 29.9 Å². The lowest BCUT2D eigenvalue weighted by Crippen LogP contribution is -2.50. The average Bonchev–Trinajstić information content (AvgIpc) is 3.18. The van der Waals surface area contributed by atoms with Crippen molar-refractivity contribution in [2.45, 2.75) is 44.6 Å². The number of fused-ring (bicyclic) bond motifs is 2. The molecule has 0 saturated heterocycles. The number of carbonyl (C=O) groups excluding carboxylic acids is 1. The lowest BCUT2D eigenvalue weighted by Gasteiger charge is -2.35. The highest BCUT2D eigenvalue weighted by Gasteiger charge is 2.46. The van der Waals surface area contributed by atoms with E-state index in [0.29, 0.717) is 22.4 Å². The zero-order chi connectivity index (χ0) is 22.8. The Balaban J connectivity index is 1.27. The summed E-state index contributed by atoms with van der Waals surface area (Å²) >= 11 is 0. The topological polar surface area (TPSA) is 100 Å². The summed E-state index contributed by atoms with van der Waals surface area (Å²) < 4.78 is 27.8. The molecule has 0 radical (unpaired) electrons. The Morgan fingerprint density at radius 1 is 1.30 bits per heavy atom. The van der Waals surface area contributed by atoms with Gasteiger partial charge in [0.2, 0.25) is 5.95 Å². The van der Waals surface area contributed by atoms with E-state index < -0.39 is 17.9 Å². The van der Waals surface area contributed by atoms with Crippen LogP contribution in [0.3, 0.4) is 0 Å². The van der Waals surface area contributed by atoms with Gasteiger partial charge >= 0.3 is 0 Å². The molecule has 10 heteroatoms. The monoisotopic (exact) mass is 451 g/mol. The Morgan fingerprint density at radius 3 is 2.88 bits per heavy atom. The molecule has 0 aromatic carbocycles. The molecule has 2 aliphatic carbocycles. The molecular formula is C23H23F2N7O. The molecule has 170 valence electrons. The maximum absolute atomic E-state index is 13.1. The van der Waals surface area contributed by atoms with E-state index in [1.165, 1.54) is 19.0 Å². The Hall–Kier alpha value is -3.56. The Labute approximate surface area is 187 Å². The summed E-state index contributed by atoms with van der Waals surface area (Å²) in [4.78, 5) is 24.9. The van der Waals surface area contributed by atoms with Crippen LogP contribution in [0.5, 0.6) is 0 Å². The molecule has 0 aliphatic heterocycles. The third-order valence-corrected chi connectivity index (χ3v) is 6.71. The molecule has 3 N–H and O–H groups in total. The summed E-state index contributed by atoms with van der Waals surface area (Å²) in [5.41, 5.74) is 3.79. The van der Waals surface area contributed by atoms with Crippen LogP contribution in [-0.2, 0) is 0 Å². The highest BCUT2D eigenvalue weighted by Crippen LogP contribution is 2.44. The summed E-state index contributed by atoms with van der Waals surface area (Å²) in [6, 6.07) is 3.25. The van der Waals surface area contributed by atoms with Gasteiger partial charge in [0.05, 0.1) is 17.3 Å². The van der Waals surface area contributed by atoms with Crippen molar-refractivity contribution in [2.24, 2.45) is 5.41 Å². The minimum absolute atomic E-state index is 0.325. The summed E-state index contributed by atoms with van der Waals surface area (Å²) in [5, 5.41) is 11.1. The Morgan fingerprint density at radius 2 is 2.12 bits per heavy atom. The van der Waals surface area contributed by atoms with Crippen LogP contribution in [0, 0.1) is 5.41 Å². The number of nitrogens with one attached hydrogen (secondary N) is 3. The predicted octanol–water partition coefficient (Wildman–Crippen LogP) is 4.01. The smallest absolute Gasteiger partial charge is 0.255 e. The van der Waals surface area contributed by atoms with Crippen LogP contribution < -0.4 is 10.6 Å². The molecule has 4 heterocycles. The fraction of sp³-hybridized carbons (Fsp3) is 0.391. The highest BCUT2D eigenvalue weighted by molar-refractivity contribution is 6.02. The number of aromatic amines is 1. The lowest BCUT2D eigenvalue weighted by atomic mass is 9.88. The largest absolute Gasteiger partial charge is 0.354 e. The Kier molecular flexibility index (Phi) is 4.24. The van der Waals surface area contributed by atoms with Crippen LogP contribution in [0.2, 0.25) is 0 Å². The second kappa shape index (κ2) is 6.97. The molecule has 6 rings (SSSR count). The molecule has 1 amide bonds. The highest BCUT2D eigenvalue weighted by atomic mass is 19.3. The molecule has 4 aromatic rings. The maximum atomic E-state index is 13.1. The van der Waals surface area contributed by atoms with Crippen molar-refractivity contribution in [1.29, 1.82) is 0 Å². The zero-order valence-electron chi connectivity index (χ0n) is 18.0. The molecule has 0 unspecified atom stereocenters. The third kappa shape index (κ3) is 3.69. The standard InChI is InChI=1S/C23H23F2N7O/c1-22(3-4-22)12-28-21-27-10-16-15(9-26-19(16)31-21)13-2-5-32-18(6-13)17(11-29-32)20(33)30-14-7-23(24,25)8-14/h2,5-6,9-11,14H,3-4,7-8,12H2,1H3,(H,30,33)(H2,26,27,28,31). The van der Waals surface area contributed by atoms with E-state index in [2.05, 4.69) is 37.6 Å². The normalized spacial score (nSPS) is 18.9. The number of rotatable bonds is 6. The van der Waals surface area contributed by atoms with E-state index in [9.17, 15) is 13.6 Å². The van der Waals surface area contributed by atoms with Crippen molar-refractivity contribution < 1.29 is 13.6 Å².